The first-order valence-corrected chi connectivity index (χ1v) is 13.2. The second-order valence-corrected chi connectivity index (χ2v) is 10.0. The third-order valence-corrected chi connectivity index (χ3v) is 7.94. The molecule has 0 radical (unpaired) electrons. The van der Waals surface area contributed by atoms with Gasteiger partial charge in [-0.1, -0.05) is 91.0 Å². The third kappa shape index (κ3) is 2.75. The molecule has 0 unspecified atom stereocenters. The molecule has 6 aromatic carbocycles. The first-order valence-electron chi connectivity index (χ1n) is 13.2. The molecule has 3 heterocycles. The number of nitrogens with zero attached hydrogens (tertiary/aromatic N) is 3. The minimum atomic E-state index is 0.573. The Morgan fingerprint density at radius 2 is 1.21 bits per heavy atom. The molecule has 0 amide bonds. The molecule has 39 heavy (non-hydrogen) atoms. The monoisotopic (exact) mass is 499 g/mol. The first-order chi connectivity index (χ1) is 19.4. The molecule has 0 atom stereocenters. The van der Waals surface area contributed by atoms with Gasteiger partial charge in [0, 0.05) is 27.2 Å². The second-order valence-electron chi connectivity index (χ2n) is 10.0. The first kappa shape index (κ1) is 20.7. The summed E-state index contributed by atoms with van der Waals surface area (Å²) in [4.78, 5) is 4.99. The van der Waals surface area contributed by atoms with Crippen LogP contribution in [0, 0.1) is 0 Å². The van der Waals surface area contributed by atoms with Gasteiger partial charge >= 0.3 is 6.01 Å². The van der Waals surface area contributed by atoms with Crippen molar-refractivity contribution in [3.63, 3.8) is 0 Å². The zero-order chi connectivity index (χ0) is 25.5. The fourth-order valence-corrected chi connectivity index (χ4v) is 6.32. The molecule has 0 saturated heterocycles. The Labute approximate surface area is 222 Å². The molecule has 182 valence electrons. The highest BCUT2D eigenvalue weighted by atomic mass is 16.4. The van der Waals surface area contributed by atoms with Gasteiger partial charge in [0.25, 0.3) is 0 Å². The van der Waals surface area contributed by atoms with Crippen LogP contribution in [-0.4, -0.2) is 14.1 Å². The summed E-state index contributed by atoms with van der Waals surface area (Å²) >= 11 is 0. The Hall–Kier alpha value is -5.35. The summed E-state index contributed by atoms with van der Waals surface area (Å²) in [5.41, 5.74) is 7.22. The van der Waals surface area contributed by atoms with E-state index in [1.165, 1.54) is 37.8 Å². The van der Waals surface area contributed by atoms with Gasteiger partial charge in [0.05, 0.1) is 22.1 Å². The molecule has 9 rings (SSSR count). The van der Waals surface area contributed by atoms with Crippen molar-refractivity contribution >= 4 is 65.5 Å². The largest absolute Gasteiger partial charge is 0.423 e. The fraction of sp³-hybridized carbons (Fsp3) is 0. The minimum Gasteiger partial charge on any atom is -0.423 e. The normalized spacial score (nSPS) is 12.1. The highest BCUT2D eigenvalue weighted by Gasteiger charge is 2.24. The van der Waals surface area contributed by atoms with Gasteiger partial charge in [-0.15, -0.1) is 0 Å². The van der Waals surface area contributed by atoms with Gasteiger partial charge in [0.15, 0.2) is 5.58 Å². The molecular weight excluding hydrogens is 478 g/mol. The van der Waals surface area contributed by atoms with E-state index in [0.717, 1.165) is 33.3 Å². The summed E-state index contributed by atoms with van der Waals surface area (Å²) in [6.07, 6.45) is 0. The van der Waals surface area contributed by atoms with Gasteiger partial charge in [-0.3, -0.25) is 4.57 Å². The van der Waals surface area contributed by atoms with Crippen molar-refractivity contribution in [1.82, 2.24) is 14.1 Å². The number of hydrogen-bond donors (Lipinski definition) is 0. The van der Waals surface area contributed by atoms with Gasteiger partial charge in [0.2, 0.25) is 0 Å². The number of hydrogen-bond acceptors (Lipinski definition) is 2. The SMILES string of the molecule is c1ccc(-n2c3ccccc3c3ccc4c5c6ccccc6ccc5n(-c5nc6ccccc6o5)c4c32)cc1. The smallest absolute Gasteiger partial charge is 0.307 e. The number of fused-ring (bicyclic) bond motifs is 10. The topological polar surface area (TPSA) is 35.9 Å². The highest BCUT2D eigenvalue weighted by molar-refractivity contribution is 6.28. The quantitative estimate of drug-likeness (QED) is 0.238. The van der Waals surface area contributed by atoms with Gasteiger partial charge in [-0.25, -0.2) is 0 Å². The fourth-order valence-electron chi connectivity index (χ4n) is 6.32. The van der Waals surface area contributed by atoms with E-state index < -0.39 is 0 Å². The number of oxazole rings is 1. The average Bonchev–Trinajstić information content (AvgIpc) is 3.67. The average molecular weight is 500 g/mol. The lowest BCUT2D eigenvalue weighted by Gasteiger charge is -2.10. The molecular formula is C35H21N3O. The molecule has 4 heteroatoms. The molecule has 0 N–H and O–H groups in total. The maximum Gasteiger partial charge on any atom is 0.307 e. The molecule has 4 nitrogen and oxygen atoms in total. The Morgan fingerprint density at radius 3 is 2.10 bits per heavy atom. The molecule has 9 aromatic rings. The predicted molar refractivity (Wildman–Crippen MR) is 160 cm³/mol. The van der Waals surface area contributed by atoms with E-state index in [1.54, 1.807) is 0 Å². The zero-order valence-corrected chi connectivity index (χ0v) is 20.9. The minimum absolute atomic E-state index is 0.573. The number of rotatable bonds is 2. The van der Waals surface area contributed by atoms with Crippen LogP contribution >= 0.6 is 0 Å². The third-order valence-electron chi connectivity index (χ3n) is 7.94. The molecule has 0 bridgehead atoms. The second kappa shape index (κ2) is 7.59. The van der Waals surface area contributed by atoms with Crippen LogP contribution in [0.5, 0.6) is 0 Å². The molecule has 0 aliphatic rings. The molecule has 3 aromatic heterocycles. The van der Waals surface area contributed by atoms with E-state index in [1.807, 2.05) is 24.3 Å². The summed E-state index contributed by atoms with van der Waals surface area (Å²) < 4.78 is 11.1. The molecule has 0 fully saturated rings. The van der Waals surface area contributed by atoms with Gasteiger partial charge in [-0.05, 0) is 47.2 Å². The summed E-state index contributed by atoms with van der Waals surface area (Å²) in [5, 5.41) is 7.24. The van der Waals surface area contributed by atoms with Crippen LogP contribution in [0.2, 0.25) is 0 Å². The van der Waals surface area contributed by atoms with E-state index >= 15 is 0 Å². The van der Waals surface area contributed by atoms with E-state index in [4.69, 9.17) is 9.40 Å². The van der Waals surface area contributed by atoms with Crippen molar-refractivity contribution in [2.45, 2.75) is 0 Å². The Morgan fingerprint density at radius 1 is 0.487 bits per heavy atom. The summed E-state index contributed by atoms with van der Waals surface area (Å²) in [6, 6.07) is 45.3. The lowest BCUT2D eigenvalue weighted by Crippen LogP contribution is -1.98. The van der Waals surface area contributed by atoms with Crippen molar-refractivity contribution in [2.24, 2.45) is 0 Å². The maximum absolute atomic E-state index is 6.45. The summed E-state index contributed by atoms with van der Waals surface area (Å²) in [5.74, 6) is 0. The Kier molecular flexibility index (Phi) is 4.02. The molecule has 0 aliphatic heterocycles. The van der Waals surface area contributed by atoms with Crippen molar-refractivity contribution in [1.29, 1.82) is 0 Å². The molecule has 0 aliphatic carbocycles. The van der Waals surface area contributed by atoms with Crippen LogP contribution in [0.3, 0.4) is 0 Å². The van der Waals surface area contributed by atoms with Crippen molar-refractivity contribution in [3.05, 3.63) is 127 Å². The van der Waals surface area contributed by atoms with Gasteiger partial charge < -0.3 is 8.98 Å². The Bertz CT molecular complexity index is 2360. The lowest BCUT2D eigenvalue weighted by molar-refractivity contribution is 0.574. The van der Waals surface area contributed by atoms with Crippen LogP contribution in [-0.2, 0) is 0 Å². The highest BCUT2D eigenvalue weighted by Crippen LogP contribution is 2.43. The van der Waals surface area contributed by atoms with Gasteiger partial charge in [-0.2, -0.15) is 4.98 Å². The van der Waals surface area contributed by atoms with Crippen LogP contribution in [0.15, 0.2) is 132 Å². The van der Waals surface area contributed by atoms with Crippen LogP contribution in [0.25, 0.3) is 77.2 Å². The van der Waals surface area contributed by atoms with Crippen molar-refractivity contribution in [3.8, 4) is 11.7 Å². The number of benzene rings is 6. The predicted octanol–water partition coefficient (Wildman–Crippen LogP) is 9.18. The Balaban J connectivity index is 1.59. The maximum atomic E-state index is 6.45. The lowest BCUT2D eigenvalue weighted by atomic mass is 10.0. The summed E-state index contributed by atoms with van der Waals surface area (Å²) in [7, 11) is 0. The van der Waals surface area contributed by atoms with E-state index in [2.05, 4.69) is 112 Å². The van der Waals surface area contributed by atoms with Crippen molar-refractivity contribution < 1.29 is 4.42 Å². The van der Waals surface area contributed by atoms with E-state index in [0.29, 0.717) is 6.01 Å². The number of aromatic nitrogens is 3. The standard InChI is InChI=1S/C35H21N3O/c1-2-11-23(12-3-1)37-29-16-8-6-14-25(29)26-19-20-27-32-24-13-5-4-10-22(24)18-21-30(32)38(34(27)33(26)37)35-36-28-15-7-9-17-31(28)39-35/h1-21H. The zero-order valence-electron chi connectivity index (χ0n) is 20.9. The van der Waals surface area contributed by atoms with Crippen LogP contribution < -0.4 is 0 Å². The van der Waals surface area contributed by atoms with E-state index in [-0.39, 0.29) is 0 Å². The number of para-hydroxylation sites is 4. The van der Waals surface area contributed by atoms with Crippen LogP contribution in [0.4, 0.5) is 0 Å². The van der Waals surface area contributed by atoms with Gasteiger partial charge in [0.1, 0.15) is 5.52 Å². The molecule has 0 spiro atoms. The molecule has 0 saturated carbocycles. The van der Waals surface area contributed by atoms with E-state index in [9.17, 15) is 0 Å². The van der Waals surface area contributed by atoms with Crippen LogP contribution in [0.1, 0.15) is 0 Å². The van der Waals surface area contributed by atoms with Crippen molar-refractivity contribution in [2.75, 3.05) is 0 Å². The summed E-state index contributed by atoms with van der Waals surface area (Å²) in [6.45, 7) is 0.